The van der Waals surface area contributed by atoms with Gasteiger partial charge in [-0.1, -0.05) is 23.2 Å². The number of amides is 1. The molecule has 1 aromatic carbocycles. The molecule has 0 radical (unpaired) electrons. The van der Waals surface area contributed by atoms with Gasteiger partial charge in [-0.15, -0.1) is 0 Å². The summed E-state index contributed by atoms with van der Waals surface area (Å²) < 4.78 is 0. The van der Waals surface area contributed by atoms with Crippen LogP contribution in [-0.4, -0.2) is 34.2 Å². The fourth-order valence-corrected chi connectivity index (χ4v) is 1.65. The summed E-state index contributed by atoms with van der Waals surface area (Å²) >= 11 is 11.5. The van der Waals surface area contributed by atoms with Crippen LogP contribution in [0.4, 0.5) is 0 Å². The molecule has 0 saturated carbocycles. The molecule has 0 bridgehead atoms. The predicted octanol–water partition coefficient (Wildman–Crippen LogP) is 1.56. The molecule has 2 atom stereocenters. The van der Waals surface area contributed by atoms with Gasteiger partial charge in [0.2, 0.25) is 0 Å². The number of benzene rings is 1. The first-order valence-electron chi connectivity index (χ1n) is 4.99. The molecule has 3 N–H and O–H groups in total. The van der Waals surface area contributed by atoms with Gasteiger partial charge in [0.15, 0.2) is 6.04 Å². The van der Waals surface area contributed by atoms with Crippen molar-refractivity contribution in [2.45, 2.75) is 19.1 Å². The number of carboxylic acid groups (broad SMARTS) is 1. The molecule has 1 amide bonds. The van der Waals surface area contributed by atoms with E-state index < -0.39 is 24.0 Å². The van der Waals surface area contributed by atoms with Crippen molar-refractivity contribution in [2.24, 2.45) is 0 Å². The highest BCUT2D eigenvalue weighted by Gasteiger charge is 2.26. The molecule has 1 rings (SSSR count). The standard InChI is InChI=1S/C11H11Cl2NO4/c1-5(15)9(11(17)18)14-10(16)7-4-6(12)2-3-8(7)13/h2-5,9,15H,1H3,(H,14,16)(H,17,18)/t5-,9-/m0/s1. The number of aliphatic hydroxyl groups excluding tert-OH is 1. The Kier molecular flexibility index (Phi) is 4.95. The van der Waals surface area contributed by atoms with Gasteiger partial charge in [0.25, 0.3) is 5.91 Å². The highest BCUT2D eigenvalue weighted by Crippen LogP contribution is 2.20. The van der Waals surface area contributed by atoms with Gasteiger partial charge in [-0.2, -0.15) is 0 Å². The van der Waals surface area contributed by atoms with Gasteiger partial charge in [-0.25, -0.2) is 4.79 Å². The zero-order valence-electron chi connectivity index (χ0n) is 9.35. The minimum Gasteiger partial charge on any atom is -0.480 e. The van der Waals surface area contributed by atoms with Crippen molar-refractivity contribution in [3.8, 4) is 0 Å². The minimum atomic E-state index is -1.41. The number of carbonyl (C=O) groups excluding carboxylic acids is 1. The molecule has 1 aromatic rings. The Labute approximate surface area is 113 Å². The number of hydrogen-bond acceptors (Lipinski definition) is 3. The van der Waals surface area contributed by atoms with E-state index in [1.807, 2.05) is 0 Å². The average molecular weight is 292 g/mol. The summed E-state index contributed by atoms with van der Waals surface area (Å²) in [6, 6.07) is 2.84. The quantitative estimate of drug-likeness (QED) is 0.786. The number of carboxylic acids is 1. The number of aliphatic hydroxyl groups is 1. The lowest BCUT2D eigenvalue weighted by molar-refractivity contribution is -0.141. The maximum absolute atomic E-state index is 11.8. The Balaban J connectivity index is 2.94. The lowest BCUT2D eigenvalue weighted by Crippen LogP contribution is -2.47. The summed E-state index contributed by atoms with van der Waals surface area (Å²) in [4.78, 5) is 22.6. The lowest BCUT2D eigenvalue weighted by Gasteiger charge is -2.17. The van der Waals surface area contributed by atoms with E-state index in [0.29, 0.717) is 5.02 Å². The molecular weight excluding hydrogens is 281 g/mol. The van der Waals surface area contributed by atoms with Crippen molar-refractivity contribution < 1.29 is 19.8 Å². The molecule has 0 unspecified atom stereocenters. The third-order valence-electron chi connectivity index (χ3n) is 2.21. The van der Waals surface area contributed by atoms with Crippen molar-refractivity contribution in [1.29, 1.82) is 0 Å². The van der Waals surface area contributed by atoms with E-state index in [4.69, 9.17) is 28.3 Å². The number of halogens is 2. The molecular formula is C11H11Cl2NO4. The second kappa shape index (κ2) is 6.04. The van der Waals surface area contributed by atoms with E-state index in [1.54, 1.807) is 0 Å². The van der Waals surface area contributed by atoms with Gasteiger partial charge in [-0.05, 0) is 25.1 Å². The molecule has 18 heavy (non-hydrogen) atoms. The summed E-state index contributed by atoms with van der Waals surface area (Å²) in [5.41, 5.74) is 0.0519. The van der Waals surface area contributed by atoms with Crippen LogP contribution in [0, 0.1) is 0 Å². The van der Waals surface area contributed by atoms with Crippen molar-refractivity contribution in [3.63, 3.8) is 0 Å². The lowest BCUT2D eigenvalue weighted by atomic mass is 10.1. The van der Waals surface area contributed by atoms with Crippen molar-refractivity contribution in [2.75, 3.05) is 0 Å². The predicted molar refractivity (Wildman–Crippen MR) is 67.0 cm³/mol. The Morgan fingerprint density at radius 3 is 2.44 bits per heavy atom. The minimum absolute atomic E-state index is 0.0519. The number of carbonyl (C=O) groups is 2. The molecule has 0 fully saturated rings. The van der Waals surface area contributed by atoms with Crippen LogP contribution in [-0.2, 0) is 4.79 Å². The smallest absolute Gasteiger partial charge is 0.328 e. The monoisotopic (exact) mass is 291 g/mol. The third-order valence-corrected chi connectivity index (χ3v) is 2.77. The third kappa shape index (κ3) is 3.60. The van der Waals surface area contributed by atoms with E-state index in [1.165, 1.54) is 25.1 Å². The molecule has 7 heteroatoms. The van der Waals surface area contributed by atoms with Gasteiger partial charge < -0.3 is 15.5 Å². The van der Waals surface area contributed by atoms with Crippen molar-refractivity contribution in [1.82, 2.24) is 5.32 Å². The fourth-order valence-electron chi connectivity index (χ4n) is 1.28. The van der Waals surface area contributed by atoms with Crippen LogP contribution in [0.15, 0.2) is 18.2 Å². The molecule has 0 aliphatic carbocycles. The van der Waals surface area contributed by atoms with Gasteiger partial charge in [-0.3, -0.25) is 4.79 Å². The highest BCUT2D eigenvalue weighted by molar-refractivity contribution is 6.35. The van der Waals surface area contributed by atoms with Gasteiger partial charge >= 0.3 is 5.97 Å². The number of hydrogen-bond donors (Lipinski definition) is 3. The summed E-state index contributed by atoms with van der Waals surface area (Å²) in [5.74, 6) is -2.05. The van der Waals surface area contributed by atoms with Crippen LogP contribution in [0.2, 0.25) is 10.0 Å². The number of rotatable bonds is 4. The topological polar surface area (TPSA) is 86.6 Å². The second-order valence-electron chi connectivity index (χ2n) is 3.65. The summed E-state index contributed by atoms with van der Waals surface area (Å²) in [6.07, 6.45) is -1.23. The van der Waals surface area contributed by atoms with Crippen molar-refractivity contribution >= 4 is 35.1 Å². The second-order valence-corrected chi connectivity index (χ2v) is 4.50. The van der Waals surface area contributed by atoms with Crippen LogP contribution >= 0.6 is 23.2 Å². The van der Waals surface area contributed by atoms with E-state index in [9.17, 15) is 14.7 Å². The molecule has 0 aliphatic heterocycles. The maximum atomic E-state index is 11.8. The summed E-state index contributed by atoms with van der Waals surface area (Å²) in [5, 5.41) is 20.7. The Bertz CT molecular complexity index is 476. The van der Waals surface area contributed by atoms with Crippen LogP contribution in [0.3, 0.4) is 0 Å². The number of nitrogens with one attached hydrogen (secondary N) is 1. The van der Waals surface area contributed by atoms with Gasteiger partial charge in [0.1, 0.15) is 0 Å². The molecule has 0 aromatic heterocycles. The van der Waals surface area contributed by atoms with Crippen molar-refractivity contribution in [3.05, 3.63) is 33.8 Å². The van der Waals surface area contributed by atoms with E-state index in [0.717, 1.165) is 0 Å². The average Bonchev–Trinajstić information content (AvgIpc) is 2.28. The highest BCUT2D eigenvalue weighted by atomic mass is 35.5. The van der Waals surface area contributed by atoms with Crippen LogP contribution < -0.4 is 5.32 Å². The maximum Gasteiger partial charge on any atom is 0.328 e. The normalized spacial score (nSPS) is 13.8. The molecule has 0 spiro atoms. The first-order chi connectivity index (χ1) is 8.32. The molecule has 0 heterocycles. The SMILES string of the molecule is C[C@H](O)[C@H](NC(=O)c1cc(Cl)ccc1Cl)C(=O)O. The zero-order valence-corrected chi connectivity index (χ0v) is 10.9. The van der Waals surface area contributed by atoms with Crippen LogP contribution in [0.25, 0.3) is 0 Å². The molecule has 0 aliphatic rings. The Hall–Kier alpha value is -1.30. The Morgan fingerprint density at radius 1 is 1.33 bits per heavy atom. The van der Waals surface area contributed by atoms with Gasteiger partial charge in [0, 0.05) is 5.02 Å². The zero-order chi connectivity index (χ0) is 13.9. The summed E-state index contributed by atoms with van der Waals surface area (Å²) in [7, 11) is 0. The van der Waals surface area contributed by atoms with E-state index in [-0.39, 0.29) is 10.6 Å². The number of aliphatic carboxylic acids is 1. The fraction of sp³-hybridized carbons (Fsp3) is 0.273. The van der Waals surface area contributed by atoms with Crippen LogP contribution in [0.1, 0.15) is 17.3 Å². The molecule has 98 valence electrons. The van der Waals surface area contributed by atoms with Crippen LogP contribution in [0.5, 0.6) is 0 Å². The van der Waals surface area contributed by atoms with E-state index >= 15 is 0 Å². The largest absolute Gasteiger partial charge is 0.480 e. The van der Waals surface area contributed by atoms with E-state index in [2.05, 4.69) is 5.32 Å². The van der Waals surface area contributed by atoms with Gasteiger partial charge in [0.05, 0.1) is 16.7 Å². The summed E-state index contributed by atoms with van der Waals surface area (Å²) in [6.45, 7) is 1.26. The first-order valence-corrected chi connectivity index (χ1v) is 5.75. The molecule has 5 nitrogen and oxygen atoms in total. The first kappa shape index (κ1) is 14.8. The molecule has 0 saturated heterocycles. The Morgan fingerprint density at radius 2 is 1.94 bits per heavy atom.